The molecule has 0 spiro atoms. The largest absolute Gasteiger partial charge is 0.481 e. The molecule has 1 N–H and O–H groups in total. The molecule has 0 saturated carbocycles. The van der Waals surface area contributed by atoms with Crippen LogP contribution in [0.1, 0.15) is 50.2 Å². The Balaban J connectivity index is 2.67. The highest BCUT2D eigenvalue weighted by Crippen LogP contribution is 2.18. The van der Waals surface area contributed by atoms with Crippen molar-refractivity contribution in [1.29, 1.82) is 0 Å². The van der Waals surface area contributed by atoms with Gasteiger partial charge in [-0.05, 0) is 30.9 Å². The Morgan fingerprint density at radius 3 is 2.75 bits per heavy atom. The van der Waals surface area contributed by atoms with E-state index in [1.807, 2.05) is 18.2 Å². The lowest BCUT2D eigenvalue weighted by Gasteiger charge is -2.08. The zero-order valence-electron chi connectivity index (χ0n) is 10.1. The topological polar surface area (TPSA) is 37.3 Å². The maximum atomic E-state index is 10.9. The maximum Gasteiger partial charge on any atom is 0.310 e. The van der Waals surface area contributed by atoms with E-state index in [1.165, 1.54) is 24.8 Å². The Morgan fingerprint density at radius 2 is 2.12 bits per heavy atom. The van der Waals surface area contributed by atoms with Gasteiger partial charge in [0, 0.05) is 0 Å². The van der Waals surface area contributed by atoms with Crippen LogP contribution in [0.5, 0.6) is 0 Å². The van der Waals surface area contributed by atoms with Gasteiger partial charge in [0.25, 0.3) is 0 Å². The molecule has 0 saturated heterocycles. The van der Waals surface area contributed by atoms with Crippen LogP contribution in [0.3, 0.4) is 0 Å². The zero-order valence-corrected chi connectivity index (χ0v) is 10.1. The van der Waals surface area contributed by atoms with Crippen LogP contribution in [0.2, 0.25) is 0 Å². The molecule has 0 aliphatic heterocycles. The molecule has 1 unspecified atom stereocenters. The van der Waals surface area contributed by atoms with Gasteiger partial charge in [0.15, 0.2) is 0 Å². The van der Waals surface area contributed by atoms with E-state index in [2.05, 4.69) is 13.0 Å². The first-order chi connectivity index (χ1) is 7.65. The molecule has 0 aliphatic carbocycles. The number of carbonyl (C=O) groups is 1. The Hall–Kier alpha value is -1.31. The molecule has 0 heterocycles. The van der Waals surface area contributed by atoms with Crippen LogP contribution in [0.4, 0.5) is 0 Å². The minimum Gasteiger partial charge on any atom is -0.481 e. The quantitative estimate of drug-likeness (QED) is 0.744. The van der Waals surface area contributed by atoms with Gasteiger partial charge in [-0.25, -0.2) is 0 Å². The van der Waals surface area contributed by atoms with Crippen LogP contribution in [0.25, 0.3) is 0 Å². The average molecular weight is 220 g/mol. The summed E-state index contributed by atoms with van der Waals surface area (Å²) in [6.07, 6.45) is 4.68. The maximum absolute atomic E-state index is 10.9. The van der Waals surface area contributed by atoms with Crippen molar-refractivity contribution >= 4 is 5.97 Å². The first-order valence-electron chi connectivity index (χ1n) is 5.96. The van der Waals surface area contributed by atoms with Crippen LogP contribution in [0.15, 0.2) is 24.3 Å². The number of benzene rings is 1. The minimum absolute atomic E-state index is 0.411. The van der Waals surface area contributed by atoms with Crippen molar-refractivity contribution < 1.29 is 9.90 Å². The van der Waals surface area contributed by atoms with E-state index >= 15 is 0 Å². The van der Waals surface area contributed by atoms with Gasteiger partial charge in [0.1, 0.15) is 0 Å². The van der Waals surface area contributed by atoms with E-state index in [9.17, 15) is 4.79 Å². The van der Waals surface area contributed by atoms with Crippen LogP contribution in [-0.4, -0.2) is 11.1 Å². The lowest BCUT2D eigenvalue weighted by Crippen LogP contribution is -2.07. The Kier molecular flexibility index (Phi) is 5.03. The first-order valence-corrected chi connectivity index (χ1v) is 5.96. The molecular weight excluding hydrogens is 200 g/mol. The fourth-order valence-corrected chi connectivity index (χ4v) is 1.74. The molecular formula is C14H20O2. The summed E-state index contributed by atoms with van der Waals surface area (Å²) in [6, 6.07) is 7.94. The predicted octanol–water partition coefficient (Wildman–Crippen LogP) is 3.61. The van der Waals surface area contributed by atoms with Gasteiger partial charge in [-0.15, -0.1) is 0 Å². The van der Waals surface area contributed by atoms with Gasteiger partial charge >= 0.3 is 5.97 Å². The molecule has 0 radical (unpaired) electrons. The summed E-state index contributed by atoms with van der Waals surface area (Å²) in [6.45, 7) is 3.91. The molecule has 1 atom stereocenters. The van der Waals surface area contributed by atoms with Crippen LogP contribution in [-0.2, 0) is 11.2 Å². The summed E-state index contributed by atoms with van der Waals surface area (Å²) in [4.78, 5) is 10.9. The third-order valence-corrected chi connectivity index (χ3v) is 2.89. The van der Waals surface area contributed by atoms with Gasteiger partial charge in [0.05, 0.1) is 5.92 Å². The lowest BCUT2D eigenvalue weighted by molar-refractivity contribution is -0.138. The summed E-state index contributed by atoms with van der Waals surface area (Å²) in [5.74, 6) is -1.17. The molecule has 1 rings (SSSR count). The SMILES string of the molecule is CCCCCc1cccc(C(C)C(=O)O)c1. The van der Waals surface area contributed by atoms with E-state index in [1.54, 1.807) is 6.92 Å². The van der Waals surface area contributed by atoms with E-state index < -0.39 is 11.9 Å². The van der Waals surface area contributed by atoms with Crippen molar-refractivity contribution in [3.05, 3.63) is 35.4 Å². The zero-order chi connectivity index (χ0) is 12.0. The van der Waals surface area contributed by atoms with Gasteiger partial charge in [-0.2, -0.15) is 0 Å². The molecule has 2 heteroatoms. The smallest absolute Gasteiger partial charge is 0.310 e. The predicted molar refractivity (Wildman–Crippen MR) is 65.7 cm³/mol. The van der Waals surface area contributed by atoms with E-state index in [0.29, 0.717) is 0 Å². The summed E-state index contributed by atoms with van der Waals surface area (Å²) >= 11 is 0. The average Bonchev–Trinajstić information content (AvgIpc) is 2.29. The van der Waals surface area contributed by atoms with Crippen molar-refractivity contribution in [2.24, 2.45) is 0 Å². The van der Waals surface area contributed by atoms with Crippen molar-refractivity contribution in [2.75, 3.05) is 0 Å². The third kappa shape index (κ3) is 3.69. The number of hydrogen-bond acceptors (Lipinski definition) is 1. The molecule has 2 nitrogen and oxygen atoms in total. The molecule has 1 aromatic carbocycles. The summed E-state index contributed by atoms with van der Waals surface area (Å²) in [7, 11) is 0. The lowest BCUT2D eigenvalue weighted by atomic mass is 9.97. The van der Waals surface area contributed by atoms with Gasteiger partial charge in [-0.1, -0.05) is 44.0 Å². The fraction of sp³-hybridized carbons (Fsp3) is 0.500. The summed E-state index contributed by atoms with van der Waals surface area (Å²) in [5, 5.41) is 8.94. The molecule has 88 valence electrons. The highest BCUT2D eigenvalue weighted by molar-refractivity contribution is 5.75. The van der Waals surface area contributed by atoms with Crippen molar-refractivity contribution in [3.63, 3.8) is 0 Å². The third-order valence-electron chi connectivity index (χ3n) is 2.89. The minimum atomic E-state index is -0.759. The molecule has 0 aromatic heterocycles. The molecule has 1 aromatic rings. The molecule has 16 heavy (non-hydrogen) atoms. The molecule has 0 amide bonds. The standard InChI is InChI=1S/C14H20O2/c1-3-4-5-7-12-8-6-9-13(10-12)11(2)14(15)16/h6,8-11H,3-5,7H2,1-2H3,(H,15,16). The van der Waals surface area contributed by atoms with Crippen molar-refractivity contribution in [2.45, 2.75) is 45.4 Å². The summed E-state index contributed by atoms with van der Waals surface area (Å²) < 4.78 is 0. The van der Waals surface area contributed by atoms with Crippen LogP contribution in [0, 0.1) is 0 Å². The Labute approximate surface area is 97.3 Å². The monoisotopic (exact) mass is 220 g/mol. The number of aliphatic carboxylic acids is 1. The van der Waals surface area contributed by atoms with E-state index in [0.717, 1.165) is 12.0 Å². The Bertz CT molecular complexity index is 344. The number of carboxylic acid groups (broad SMARTS) is 1. The highest BCUT2D eigenvalue weighted by Gasteiger charge is 2.13. The van der Waals surface area contributed by atoms with Crippen LogP contribution < -0.4 is 0 Å². The Morgan fingerprint density at radius 1 is 1.38 bits per heavy atom. The van der Waals surface area contributed by atoms with Gasteiger partial charge in [0.2, 0.25) is 0 Å². The number of rotatable bonds is 6. The second kappa shape index (κ2) is 6.31. The fourth-order valence-electron chi connectivity index (χ4n) is 1.74. The van der Waals surface area contributed by atoms with E-state index in [4.69, 9.17) is 5.11 Å². The van der Waals surface area contributed by atoms with Crippen LogP contribution >= 0.6 is 0 Å². The molecule has 0 aliphatic rings. The number of hydrogen-bond donors (Lipinski definition) is 1. The molecule has 0 fully saturated rings. The molecule has 0 bridgehead atoms. The van der Waals surface area contributed by atoms with Crippen molar-refractivity contribution in [3.8, 4) is 0 Å². The second-order valence-corrected chi connectivity index (χ2v) is 4.26. The number of unbranched alkanes of at least 4 members (excludes halogenated alkanes) is 2. The normalized spacial score (nSPS) is 12.4. The van der Waals surface area contributed by atoms with E-state index in [-0.39, 0.29) is 0 Å². The van der Waals surface area contributed by atoms with Crippen molar-refractivity contribution in [1.82, 2.24) is 0 Å². The number of aryl methyl sites for hydroxylation is 1. The number of carboxylic acids is 1. The summed E-state index contributed by atoms with van der Waals surface area (Å²) in [5.41, 5.74) is 2.15. The second-order valence-electron chi connectivity index (χ2n) is 4.26. The van der Waals surface area contributed by atoms with Gasteiger partial charge in [-0.3, -0.25) is 4.79 Å². The highest BCUT2D eigenvalue weighted by atomic mass is 16.4. The first kappa shape index (κ1) is 12.8. The van der Waals surface area contributed by atoms with Gasteiger partial charge < -0.3 is 5.11 Å².